The van der Waals surface area contributed by atoms with Crippen LogP contribution < -0.4 is 27.4 Å². The fraction of sp³-hybridized carbons (Fsp3) is 0.393. The Hall–Kier alpha value is -4.45. The van der Waals surface area contributed by atoms with Crippen LogP contribution in [0.5, 0.6) is 5.75 Å². The monoisotopic (exact) mass is 555 g/mol. The summed E-state index contributed by atoms with van der Waals surface area (Å²) < 4.78 is 0. The van der Waals surface area contributed by atoms with E-state index in [0.29, 0.717) is 11.1 Å². The van der Waals surface area contributed by atoms with Gasteiger partial charge in [-0.3, -0.25) is 19.2 Å². The highest BCUT2D eigenvalue weighted by Gasteiger charge is 2.31. The molecule has 0 heterocycles. The molecule has 40 heavy (non-hydrogen) atoms. The Morgan fingerprint density at radius 2 is 1.27 bits per heavy atom. The molecule has 4 amide bonds. The molecule has 0 fully saturated rings. The molecule has 0 aliphatic rings. The van der Waals surface area contributed by atoms with Crippen molar-refractivity contribution in [3.63, 3.8) is 0 Å². The Kier molecular flexibility index (Phi) is 12.1. The fourth-order valence-corrected chi connectivity index (χ4v) is 3.96. The molecule has 9 N–H and O–H groups in total. The molecule has 2 aromatic carbocycles. The molecule has 0 saturated heterocycles. The number of nitrogens with one attached hydrogen (secondary N) is 3. The van der Waals surface area contributed by atoms with Crippen LogP contribution in [0.4, 0.5) is 0 Å². The van der Waals surface area contributed by atoms with Gasteiger partial charge >= 0.3 is 5.97 Å². The van der Waals surface area contributed by atoms with E-state index in [1.165, 1.54) is 12.1 Å². The lowest BCUT2D eigenvalue weighted by molar-refractivity contribution is -0.143. The van der Waals surface area contributed by atoms with Gasteiger partial charge in [-0.25, -0.2) is 4.79 Å². The summed E-state index contributed by atoms with van der Waals surface area (Å²) in [5.74, 6) is -4.40. The van der Waals surface area contributed by atoms with Crippen molar-refractivity contribution in [1.82, 2.24) is 16.0 Å². The highest BCUT2D eigenvalue weighted by Crippen LogP contribution is 2.12. The molecule has 4 atom stereocenters. The topological polar surface area (TPSA) is 214 Å². The molecule has 216 valence electrons. The van der Waals surface area contributed by atoms with Crippen LogP contribution in [0, 0.1) is 5.92 Å². The second kappa shape index (κ2) is 15.2. The van der Waals surface area contributed by atoms with Crippen LogP contribution in [0.3, 0.4) is 0 Å². The minimum Gasteiger partial charge on any atom is -0.508 e. The third kappa shape index (κ3) is 10.7. The van der Waals surface area contributed by atoms with Crippen molar-refractivity contribution in [2.45, 2.75) is 63.7 Å². The highest BCUT2D eigenvalue weighted by atomic mass is 16.4. The zero-order chi connectivity index (χ0) is 29.8. The number of carbonyl (C=O) groups excluding carboxylic acids is 4. The summed E-state index contributed by atoms with van der Waals surface area (Å²) in [5, 5.41) is 26.4. The zero-order valence-electron chi connectivity index (χ0n) is 22.5. The largest absolute Gasteiger partial charge is 0.508 e. The van der Waals surface area contributed by atoms with Gasteiger partial charge in [0.2, 0.25) is 23.6 Å². The number of rotatable bonds is 15. The number of phenols is 1. The van der Waals surface area contributed by atoms with E-state index in [9.17, 15) is 34.2 Å². The number of phenolic OH excluding ortho intramolecular Hbond substituents is 1. The van der Waals surface area contributed by atoms with E-state index in [-0.39, 0.29) is 30.9 Å². The van der Waals surface area contributed by atoms with Gasteiger partial charge in [-0.05, 0) is 42.0 Å². The smallest absolute Gasteiger partial charge is 0.326 e. The molecule has 0 aliphatic carbocycles. The van der Waals surface area contributed by atoms with Crippen LogP contribution in [0.2, 0.25) is 0 Å². The van der Waals surface area contributed by atoms with Gasteiger partial charge in [0.25, 0.3) is 0 Å². The molecule has 2 rings (SSSR count). The van der Waals surface area contributed by atoms with E-state index in [0.717, 1.165) is 0 Å². The summed E-state index contributed by atoms with van der Waals surface area (Å²) in [6.45, 7) is 3.63. The minimum atomic E-state index is -1.44. The van der Waals surface area contributed by atoms with E-state index >= 15 is 0 Å². The summed E-state index contributed by atoms with van der Waals surface area (Å²) >= 11 is 0. The molecular formula is C28H37N5O7. The SMILES string of the molecule is CC(C)CC(NC(=O)C(Cc1ccccc1)NC(=O)C(CC(N)=O)NC(=O)C(N)Cc1ccc(O)cc1)C(=O)O. The number of carbonyl (C=O) groups is 5. The molecule has 0 spiro atoms. The van der Waals surface area contributed by atoms with Crippen LogP contribution in [-0.4, -0.2) is 64.0 Å². The molecule has 4 unspecified atom stereocenters. The van der Waals surface area contributed by atoms with Crippen LogP contribution in [0.15, 0.2) is 54.6 Å². The molecule has 12 heteroatoms. The summed E-state index contributed by atoms with van der Waals surface area (Å²) in [5.41, 5.74) is 12.7. The zero-order valence-corrected chi connectivity index (χ0v) is 22.5. The fourth-order valence-electron chi connectivity index (χ4n) is 3.96. The van der Waals surface area contributed by atoms with Crippen LogP contribution in [-0.2, 0) is 36.8 Å². The molecule has 0 saturated carbocycles. The van der Waals surface area contributed by atoms with Crippen molar-refractivity contribution in [1.29, 1.82) is 0 Å². The van der Waals surface area contributed by atoms with Crippen LogP contribution in [0.25, 0.3) is 0 Å². The number of aliphatic carboxylic acids is 1. The van der Waals surface area contributed by atoms with Gasteiger partial charge in [0.15, 0.2) is 0 Å². The number of amides is 4. The van der Waals surface area contributed by atoms with Crippen molar-refractivity contribution < 1.29 is 34.2 Å². The average Bonchev–Trinajstić information content (AvgIpc) is 2.88. The number of carboxylic acids is 1. The van der Waals surface area contributed by atoms with E-state index in [2.05, 4.69) is 16.0 Å². The minimum absolute atomic E-state index is 0.0179. The van der Waals surface area contributed by atoms with Crippen molar-refractivity contribution in [2.24, 2.45) is 17.4 Å². The van der Waals surface area contributed by atoms with Gasteiger partial charge in [0.1, 0.15) is 23.9 Å². The number of hydrogen-bond donors (Lipinski definition) is 7. The Morgan fingerprint density at radius 3 is 1.82 bits per heavy atom. The van der Waals surface area contributed by atoms with Gasteiger partial charge in [0, 0.05) is 6.42 Å². The summed E-state index contributed by atoms with van der Waals surface area (Å²) in [7, 11) is 0. The first-order valence-electron chi connectivity index (χ1n) is 12.8. The van der Waals surface area contributed by atoms with Crippen molar-refractivity contribution in [2.75, 3.05) is 0 Å². The normalized spacial score (nSPS) is 13.9. The summed E-state index contributed by atoms with van der Waals surface area (Å²) in [4.78, 5) is 62.6. The maximum atomic E-state index is 13.2. The van der Waals surface area contributed by atoms with E-state index in [1.807, 2.05) is 13.8 Å². The Morgan fingerprint density at radius 1 is 0.750 bits per heavy atom. The van der Waals surface area contributed by atoms with Gasteiger partial charge in [-0.1, -0.05) is 56.3 Å². The molecular weight excluding hydrogens is 518 g/mol. The van der Waals surface area contributed by atoms with Gasteiger partial charge in [-0.15, -0.1) is 0 Å². The second-order valence-corrected chi connectivity index (χ2v) is 9.99. The molecule has 0 bridgehead atoms. The van der Waals surface area contributed by atoms with E-state index in [1.54, 1.807) is 42.5 Å². The second-order valence-electron chi connectivity index (χ2n) is 9.99. The lowest BCUT2D eigenvalue weighted by Gasteiger charge is -2.25. The van der Waals surface area contributed by atoms with Crippen molar-refractivity contribution in [3.05, 3.63) is 65.7 Å². The van der Waals surface area contributed by atoms with Crippen LogP contribution >= 0.6 is 0 Å². The Labute approximate surface area is 232 Å². The third-order valence-electron chi connectivity index (χ3n) is 6.00. The molecule has 0 radical (unpaired) electrons. The van der Waals surface area contributed by atoms with Crippen LogP contribution in [0.1, 0.15) is 37.8 Å². The van der Waals surface area contributed by atoms with Gasteiger partial charge in [-0.2, -0.15) is 0 Å². The van der Waals surface area contributed by atoms with E-state index in [4.69, 9.17) is 11.5 Å². The lowest BCUT2D eigenvalue weighted by atomic mass is 10.0. The third-order valence-corrected chi connectivity index (χ3v) is 6.00. The van der Waals surface area contributed by atoms with Crippen molar-refractivity contribution >= 4 is 29.6 Å². The maximum absolute atomic E-state index is 13.2. The average molecular weight is 556 g/mol. The van der Waals surface area contributed by atoms with Gasteiger partial charge in [0.05, 0.1) is 12.5 Å². The number of aromatic hydroxyl groups is 1. The number of hydrogen-bond acceptors (Lipinski definition) is 7. The lowest BCUT2D eigenvalue weighted by Crippen LogP contribution is -2.58. The van der Waals surface area contributed by atoms with Gasteiger partial charge < -0.3 is 37.6 Å². The van der Waals surface area contributed by atoms with E-state index < -0.39 is 60.2 Å². The number of carboxylic acid groups (broad SMARTS) is 1. The standard InChI is InChI=1S/C28H37N5O7/c1-16(2)12-23(28(39)40)33-26(37)21(14-17-6-4-3-5-7-17)32-27(38)22(15-24(30)35)31-25(36)20(29)13-18-8-10-19(34)11-9-18/h3-11,16,20-23,34H,12-15,29H2,1-2H3,(H2,30,35)(H,31,36)(H,32,38)(H,33,37)(H,39,40). The number of nitrogens with two attached hydrogens (primary N) is 2. The maximum Gasteiger partial charge on any atom is 0.326 e. The number of benzene rings is 2. The molecule has 0 aliphatic heterocycles. The van der Waals surface area contributed by atoms with Crippen molar-refractivity contribution in [3.8, 4) is 5.75 Å². The first kappa shape index (κ1) is 31.8. The Balaban J connectivity index is 2.20. The Bertz CT molecular complexity index is 1170. The predicted octanol–water partition coefficient (Wildman–Crippen LogP) is -0.0348. The first-order chi connectivity index (χ1) is 18.8. The number of primary amides is 1. The summed E-state index contributed by atoms with van der Waals surface area (Å²) in [6, 6.07) is 9.88. The molecule has 0 aromatic heterocycles. The summed E-state index contributed by atoms with van der Waals surface area (Å²) in [6.07, 6.45) is -0.285. The highest BCUT2D eigenvalue weighted by molar-refractivity contribution is 5.96. The molecule has 12 nitrogen and oxygen atoms in total. The quantitative estimate of drug-likeness (QED) is 0.158. The molecule has 2 aromatic rings. The predicted molar refractivity (Wildman–Crippen MR) is 147 cm³/mol. The first-order valence-corrected chi connectivity index (χ1v) is 12.8.